The zero-order valence-corrected chi connectivity index (χ0v) is 12.3. The Morgan fingerprint density at radius 3 is 2.42 bits per heavy atom. The molecule has 0 spiro atoms. The third kappa shape index (κ3) is 2.62. The Morgan fingerprint density at radius 1 is 1.16 bits per heavy atom. The molecular formula is C15H22N4. The Labute approximate surface area is 114 Å². The second-order valence-electron chi connectivity index (χ2n) is 6.08. The van der Waals surface area contributed by atoms with E-state index >= 15 is 0 Å². The number of aromatic nitrogens is 2. The van der Waals surface area contributed by atoms with Crippen LogP contribution in [0.1, 0.15) is 27.7 Å². The number of nitrogen functional groups attached to an aromatic ring is 1. The molecule has 102 valence electrons. The molecule has 4 nitrogen and oxygen atoms in total. The van der Waals surface area contributed by atoms with Gasteiger partial charge in [0.25, 0.3) is 0 Å². The van der Waals surface area contributed by atoms with E-state index in [4.69, 9.17) is 5.73 Å². The van der Waals surface area contributed by atoms with Crippen molar-refractivity contribution in [3.8, 4) is 0 Å². The molecule has 0 amide bonds. The molecule has 0 radical (unpaired) electrons. The lowest BCUT2D eigenvalue weighted by atomic mass is 9.87. The average molecular weight is 258 g/mol. The van der Waals surface area contributed by atoms with E-state index in [0.29, 0.717) is 12.0 Å². The van der Waals surface area contributed by atoms with E-state index in [1.54, 1.807) is 0 Å². The van der Waals surface area contributed by atoms with E-state index in [-0.39, 0.29) is 5.41 Å². The van der Waals surface area contributed by atoms with Crippen LogP contribution in [0.4, 0.5) is 11.8 Å². The number of hydrogen-bond donors (Lipinski definition) is 1. The highest BCUT2D eigenvalue weighted by molar-refractivity contribution is 5.90. The van der Waals surface area contributed by atoms with Crippen LogP contribution in [0, 0.1) is 5.41 Å². The topological polar surface area (TPSA) is 55.0 Å². The van der Waals surface area contributed by atoms with Crippen molar-refractivity contribution < 1.29 is 0 Å². The van der Waals surface area contributed by atoms with Gasteiger partial charge in [-0.25, -0.2) is 4.98 Å². The highest BCUT2D eigenvalue weighted by atomic mass is 15.2. The molecule has 0 saturated heterocycles. The smallest absolute Gasteiger partial charge is 0.222 e. The SMILES string of the molecule is CC(N(C)c1nc(N)nc2ccccc12)C(C)(C)C. The van der Waals surface area contributed by atoms with E-state index in [0.717, 1.165) is 16.7 Å². The maximum atomic E-state index is 5.82. The third-order valence-electron chi connectivity index (χ3n) is 3.77. The van der Waals surface area contributed by atoms with Crippen LogP contribution in [-0.2, 0) is 0 Å². The lowest BCUT2D eigenvalue weighted by Crippen LogP contribution is -2.40. The molecule has 2 N–H and O–H groups in total. The molecule has 1 aromatic heterocycles. The average Bonchev–Trinajstić information content (AvgIpc) is 2.34. The zero-order chi connectivity index (χ0) is 14.2. The van der Waals surface area contributed by atoms with Crippen LogP contribution in [0.3, 0.4) is 0 Å². The van der Waals surface area contributed by atoms with Crippen LogP contribution in [0.5, 0.6) is 0 Å². The number of fused-ring (bicyclic) bond motifs is 1. The molecule has 4 heteroatoms. The van der Waals surface area contributed by atoms with Crippen molar-refractivity contribution in [1.29, 1.82) is 0 Å². The second kappa shape index (κ2) is 4.68. The monoisotopic (exact) mass is 258 g/mol. The number of para-hydroxylation sites is 1. The van der Waals surface area contributed by atoms with E-state index in [9.17, 15) is 0 Å². The fourth-order valence-corrected chi connectivity index (χ4v) is 2.11. The molecule has 1 unspecified atom stereocenters. The first-order valence-corrected chi connectivity index (χ1v) is 6.56. The minimum Gasteiger partial charge on any atom is -0.368 e. The number of anilines is 2. The minimum atomic E-state index is 0.162. The Bertz CT molecular complexity index is 586. The summed E-state index contributed by atoms with van der Waals surface area (Å²) in [7, 11) is 2.06. The number of nitrogens with two attached hydrogens (primary N) is 1. The van der Waals surface area contributed by atoms with Crippen molar-refractivity contribution in [3.05, 3.63) is 24.3 Å². The fraction of sp³-hybridized carbons (Fsp3) is 0.467. The van der Waals surface area contributed by atoms with Crippen LogP contribution >= 0.6 is 0 Å². The first-order valence-electron chi connectivity index (χ1n) is 6.56. The van der Waals surface area contributed by atoms with Crippen LogP contribution in [-0.4, -0.2) is 23.1 Å². The van der Waals surface area contributed by atoms with E-state index in [1.165, 1.54) is 0 Å². The minimum absolute atomic E-state index is 0.162. The lowest BCUT2D eigenvalue weighted by molar-refractivity contribution is 0.329. The molecule has 0 saturated carbocycles. The molecule has 0 bridgehead atoms. The molecule has 0 fully saturated rings. The third-order valence-corrected chi connectivity index (χ3v) is 3.77. The van der Waals surface area contributed by atoms with Crippen molar-refractivity contribution in [2.24, 2.45) is 5.41 Å². The summed E-state index contributed by atoms with van der Waals surface area (Å²) < 4.78 is 0. The predicted octanol–water partition coefficient (Wildman–Crippen LogP) is 3.08. The molecule has 0 aliphatic carbocycles. The van der Waals surface area contributed by atoms with Gasteiger partial charge in [-0.15, -0.1) is 0 Å². The summed E-state index contributed by atoms with van der Waals surface area (Å²) in [5.74, 6) is 1.21. The van der Waals surface area contributed by atoms with Gasteiger partial charge in [0.05, 0.1) is 5.52 Å². The van der Waals surface area contributed by atoms with E-state index in [2.05, 4.69) is 49.6 Å². The van der Waals surface area contributed by atoms with Crippen molar-refractivity contribution in [2.45, 2.75) is 33.7 Å². The van der Waals surface area contributed by atoms with Gasteiger partial charge in [-0.05, 0) is 24.5 Å². The van der Waals surface area contributed by atoms with Crippen LogP contribution in [0.15, 0.2) is 24.3 Å². The first-order chi connectivity index (χ1) is 8.80. The molecule has 2 rings (SSSR count). The highest BCUT2D eigenvalue weighted by Crippen LogP contribution is 2.30. The number of rotatable bonds is 2. The Balaban J connectivity index is 2.56. The number of hydrogen-bond acceptors (Lipinski definition) is 4. The van der Waals surface area contributed by atoms with Gasteiger partial charge >= 0.3 is 0 Å². The summed E-state index contributed by atoms with van der Waals surface area (Å²) in [6.45, 7) is 8.87. The van der Waals surface area contributed by atoms with Gasteiger partial charge in [-0.3, -0.25) is 0 Å². The van der Waals surface area contributed by atoms with Crippen molar-refractivity contribution in [3.63, 3.8) is 0 Å². The number of nitrogens with zero attached hydrogens (tertiary/aromatic N) is 3. The van der Waals surface area contributed by atoms with Gasteiger partial charge in [-0.2, -0.15) is 4.98 Å². The maximum Gasteiger partial charge on any atom is 0.222 e. The van der Waals surface area contributed by atoms with Crippen LogP contribution in [0.2, 0.25) is 0 Å². The van der Waals surface area contributed by atoms with Crippen LogP contribution < -0.4 is 10.6 Å². The summed E-state index contributed by atoms with van der Waals surface area (Å²) >= 11 is 0. The molecule has 0 aliphatic heterocycles. The number of benzene rings is 1. The molecule has 2 aromatic rings. The Hall–Kier alpha value is -1.84. The highest BCUT2D eigenvalue weighted by Gasteiger charge is 2.26. The lowest BCUT2D eigenvalue weighted by Gasteiger charge is -2.36. The van der Waals surface area contributed by atoms with Gasteiger partial charge in [0.2, 0.25) is 5.95 Å². The van der Waals surface area contributed by atoms with Crippen molar-refractivity contribution >= 4 is 22.7 Å². The van der Waals surface area contributed by atoms with Crippen LogP contribution in [0.25, 0.3) is 10.9 Å². The standard InChI is InChI=1S/C15H22N4/c1-10(15(2,3)4)19(5)13-11-8-6-7-9-12(11)17-14(16)18-13/h6-10H,1-5H3,(H2,16,17,18). The summed E-state index contributed by atoms with van der Waals surface area (Å²) in [5, 5.41) is 1.04. The van der Waals surface area contributed by atoms with Gasteiger partial charge in [0.15, 0.2) is 0 Å². The predicted molar refractivity (Wildman–Crippen MR) is 81.3 cm³/mol. The molecule has 1 heterocycles. The molecule has 1 atom stereocenters. The molecule has 19 heavy (non-hydrogen) atoms. The van der Waals surface area contributed by atoms with E-state index < -0.39 is 0 Å². The molecular weight excluding hydrogens is 236 g/mol. The van der Waals surface area contributed by atoms with Gasteiger partial charge in [0, 0.05) is 18.5 Å². The molecule has 0 aliphatic rings. The van der Waals surface area contributed by atoms with Crippen molar-refractivity contribution in [1.82, 2.24) is 9.97 Å². The second-order valence-corrected chi connectivity index (χ2v) is 6.08. The quantitative estimate of drug-likeness (QED) is 0.899. The van der Waals surface area contributed by atoms with Crippen molar-refractivity contribution in [2.75, 3.05) is 17.7 Å². The van der Waals surface area contributed by atoms with E-state index in [1.807, 2.05) is 24.3 Å². The summed E-state index contributed by atoms with van der Waals surface area (Å²) in [4.78, 5) is 10.9. The first kappa shape index (κ1) is 13.6. The summed E-state index contributed by atoms with van der Waals surface area (Å²) in [6, 6.07) is 8.31. The maximum absolute atomic E-state index is 5.82. The Kier molecular flexibility index (Phi) is 3.35. The fourth-order valence-electron chi connectivity index (χ4n) is 2.11. The summed E-state index contributed by atoms with van der Waals surface area (Å²) in [6.07, 6.45) is 0. The largest absolute Gasteiger partial charge is 0.368 e. The molecule has 1 aromatic carbocycles. The van der Waals surface area contributed by atoms with Gasteiger partial charge in [0.1, 0.15) is 5.82 Å². The normalized spacial score (nSPS) is 13.5. The Morgan fingerprint density at radius 2 is 1.79 bits per heavy atom. The summed E-state index contributed by atoms with van der Waals surface area (Å²) in [5.41, 5.74) is 6.87. The van der Waals surface area contributed by atoms with Gasteiger partial charge in [-0.1, -0.05) is 32.9 Å². The van der Waals surface area contributed by atoms with Gasteiger partial charge < -0.3 is 10.6 Å². The zero-order valence-electron chi connectivity index (χ0n) is 12.3.